The lowest BCUT2D eigenvalue weighted by Gasteiger charge is -2.29. The topological polar surface area (TPSA) is 24.1 Å². The van der Waals surface area contributed by atoms with E-state index < -0.39 is 0 Å². The number of hydrogen-bond acceptors (Lipinski definition) is 2. The zero-order valence-corrected chi connectivity index (χ0v) is 15.3. The van der Waals surface area contributed by atoms with Crippen molar-refractivity contribution in [2.24, 2.45) is 11.8 Å². The van der Waals surface area contributed by atoms with Crippen molar-refractivity contribution in [3.63, 3.8) is 0 Å². The normalized spacial score (nSPS) is 20.6. The molecule has 0 saturated heterocycles. The zero-order chi connectivity index (χ0) is 16.8. The summed E-state index contributed by atoms with van der Waals surface area (Å²) in [7, 11) is 0. The van der Waals surface area contributed by atoms with Gasteiger partial charge >= 0.3 is 0 Å². The first-order chi connectivity index (χ1) is 11.7. The monoisotopic (exact) mass is 362 g/mol. The van der Waals surface area contributed by atoms with Crippen molar-refractivity contribution < 1.29 is 0 Å². The van der Waals surface area contributed by atoms with Crippen molar-refractivity contribution in [3.8, 4) is 0 Å². The molecule has 2 nitrogen and oxygen atoms in total. The Morgan fingerprint density at radius 1 is 0.667 bits per heavy atom. The molecular formula is C20H24Cl2N2. The highest BCUT2D eigenvalue weighted by atomic mass is 35.5. The van der Waals surface area contributed by atoms with Crippen LogP contribution in [0.5, 0.6) is 0 Å². The van der Waals surface area contributed by atoms with Gasteiger partial charge in [-0.25, -0.2) is 0 Å². The van der Waals surface area contributed by atoms with Gasteiger partial charge in [0.15, 0.2) is 0 Å². The summed E-state index contributed by atoms with van der Waals surface area (Å²) in [5.74, 6) is 1.47. The lowest BCUT2D eigenvalue weighted by molar-refractivity contribution is 0.293. The smallest absolute Gasteiger partial charge is 0.0637 e. The predicted octanol–water partition coefficient (Wildman–Crippen LogP) is 6.32. The first kappa shape index (κ1) is 17.4. The summed E-state index contributed by atoms with van der Waals surface area (Å²) in [6.07, 6.45) is 5.08. The van der Waals surface area contributed by atoms with E-state index >= 15 is 0 Å². The van der Waals surface area contributed by atoms with Crippen molar-refractivity contribution in [1.82, 2.24) is 0 Å². The molecule has 0 unspecified atom stereocenters. The molecule has 1 aliphatic carbocycles. The Labute approximate surface area is 154 Å². The summed E-state index contributed by atoms with van der Waals surface area (Å²) in [5, 5.41) is 8.60. The summed E-state index contributed by atoms with van der Waals surface area (Å²) < 4.78 is 0. The van der Waals surface area contributed by atoms with E-state index in [9.17, 15) is 0 Å². The fourth-order valence-corrected chi connectivity index (χ4v) is 3.76. The van der Waals surface area contributed by atoms with Crippen LogP contribution in [0.1, 0.15) is 25.7 Å². The molecule has 3 rings (SSSR count). The highest BCUT2D eigenvalue weighted by Crippen LogP contribution is 2.31. The van der Waals surface area contributed by atoms with Crippen molar-refractivity contribution in [2.75, 3.05) is 23.7 Å². The van der Waals surface area contributed by atoms with Crippen molar-refractivity contribution in [3.05, 3.63) is 58.6 Å². The summed E-state index contributed by atoms with van der Waals surface area (Å²) in [4.78, 5) is 0. The van der Waals surface area contributed by atoms with E-state index in [0.717, 1.165) is 46.3 Å². The third-order valence-electron chi connectivity index (χ3n) is 4.88. The van der Waals surface area contributed by atoms with Crippen LogP contribution in [0.2, 0.25) is 10.0 Å². The van der Waals surface area contributed by atoms with Gasteiger partial charge in [-0.2, -0.15) is 0 Å². The molecule has 0 heterocycles. The molecule has 0 amide bonds. The van der Waals surface area contributed by atoms with Gasteiger partial charge in [-0.15, -0.1) is 0 Å². The second-order valence-electron chi connectivity index (χ2n) is 6.61. The van der Waals surface area contributed by atoms with Gasteiger partial charge in [0.05, 0.1) is 21.4 Å². The van der Waals surface area contributed by atoms with Crippen LogP contribution >= 0.6 is 23.2 Å². The predicted molar refractivity (Wildman–Crippen MR) is 105 cm³/mol. The van der Waals surface area contributed by atoms with Crippen molar-refractivity contribution >= 4 is 34.6 Å². The number of rotatable bonds is 6. The highest BCUT2D eigenvalue weighted by molar-refractivity contribution is 6.33. The zero-order valence-electron chi connectivity index (χ0n) is 13.8. The number of nitrogens with one attached hydrogen (secondary N) is 2. The molecular weight excluding hydrogens is 339 g/mol. The van der Waals surface area contributed by atoms with Gasteiger partial charge in [0, 0.05) is 13.1 Å². The maximum atomic E-state index is 6.20. The van der Waals surface area contributed by atoms with Crippen LogP contribution < -0.4 is 10.6 Å². The fourth-order valence-electron chi connectivity index (χ4n) is 3.36. The van der Waals surface area contributed by atoms with Crippen LogP contribution in [0.3, 0.4) is 0 Å². The van der Waals surface area contributed by atoms with E-state index in [1.54, 1.807) is 0 Å². The molecule has 0 aliphatic heterocycles. The summed E-state index contributed by atoms with van der Waals surface area (Å²) >= 11 is 12.4. The molecule has 0 radical (unpaired) electrons. The molecule has 4 heteroatoms. The molecule has 2 aromatic carbocycles. The van der Waals surface area contributed by atoms with Gasteiger partial charge in [-0.1, -0.05) is 47.5 Å². The number of benzene rings is 2. The molecule has 1 saturated carbocycles. The average molecular weight is 363 g/mol. The van der Waals surface area contributed by atoms with Crippen molar-refractivity contribution in [1.29, 1.82) is 0 Å². The number of hydrogen-bond donors (Lipinski definition) is 2. The lowest BCUT2D eigenvalue weighted by atomic mass is 9.82. The fraction of sp³-hybridized carbons (Fsp3) is 0.400. The van der Waals surface area contributed by atoms with Gasteiger partial charge < -0.3 is 10.6 Å². The number of para-hydroxylation sites is 2. The minimum absolute atomic E-state index is 0.734. The van der Waals surface area contributed by atoms with Crippen LogP contribution in [0.25, 0.3) is 0 Å². The molecule has 0 aromatic heterocycles. The second-order valence-corrected chi connectivity index (χ2v) is 7.42. The van der Waals surface area contributed by atoms with Crippen LogP contribution in [0, 0.1) is 11.8 Å². The van der Waals surface area contributed by atoms with Gasteiger partial charge in [-0.3, -0.25) is 0 Å². The average Bonchev–Trinajstić information content (AvgIpc) is 2.61. The van der Waals surface area contributed by atoms with Crippen LogP contribution in [-0.2, 0) is 0 Å². The molecule has 1 aliphatic rings. The molecule has 24 heavy (non-hydrogen) atoms. The van der Waals surface area contributed by atoms with Gasteiger partial charge in [0.25, 0.3) is 0 Å². The number of halogens is 2. The molecule has 0 spiro atoms. The van der Waals surface area contributed by atoms with Crippen LogP contribution in [-0.4, -0.2) is 13.1 Å². The minimum atomic E-state index is 0.734. The molecule has 2 N–H and O–H groups in total. The maximum absolute atomic E-state index is 6.20. The largest absolute Gasteiger partial charge is 0.384 e. The van der Waals surface area contributed by atoms with Crippen LogP contribution in [0.4, 0.5) is 11.4 Å². The van der Waals surface area contributed by atoms with Crippen LogP contribution in [0.15, 0.2) is 48.5 Å². The Bertz CT molecular complexity index is 594. The summed E-state index contributed by atoms with van der Waals surface area (Å²) in [5.41, 5.74) is 2.09. The Morgan fingerprint density at radius 2 is 1.04 bits per heavy atom. The quantitative estimate of drug-likeness (QED) is 0.627. The van der Waals surface area contributed by atoms with Gasteiger partial charge in [0.1, 0.15) is 0 Å². The molecule has 1 fully saturated rings. The van der Waals surface area contributed by atoms with E-state index in [1.165, 1.54) is 25.7 Å². The summed E-state index contributed by atoms with van der Waals surface area (Å²) in [6, 6.07) is 15.9. The lowest BCUT2D eigenvalue weighted by Crippen LogP contribution is -2.25. The second kappa shape index (κ2) is 8.64. The van der Waals surface area contributed by atoms with E-state index in [2.05, 4.69) is 10.6 Å². The number of anilines is 2. The minimum Gasteiger partial charge on any atom is -0.384 e. The molecule has 2 aromatic rings. The van der Waals surface area contributed by atoms with E-state index in [0.29, 0.717) is 0 Å². The Morgan fingerprint density at radius 3 is 1.42 bits per heavy atom. The van der Waals surface area contributed by atoms with E-state index in [-0.39, 0.29) is 0 Å². The maximum Gasteiger partial charge on any atom is 0.0637 e. The Kier molecular flexibility index (Phi) is 6.28. The first-order valence-electron chi connectivity index (χ1n) is 8.69. The Hall–Kier alpha value is -1.38. The SMILES string of the molecule is Clc1ccccc1NCC1CCC(CNc2ccccc2Cl)CC1. The standard InChI is InChI=1S/C20H24Cl2N2/c21-17-5-1-3-7-19(17)23-13-15-9-11-16(12-10-15)14-24-20-8-4-2-6-18(20)22/h1-8,15-16,23-24H,9-14H2. The van der Waals surface area contributed by atoms with Gasteiger partial charge in [-0.05, 0) is 61.8 Å². The Balaban J connectivity index is 1.40. The third-order valence-corrected chi connectivity index (χ3v) is 5.54. The molecule has 0 bridgehead atoms. The molecule has 0 atom stereocenters. The summed E-state index contributed by atoms with van der Waals surface area (Å²) in [6.45, 7) is 2.02. The first-order valence-corrected chi connectivity index (χ1v) is 9.45. The highest BCUT2D eigenvalue weighted by Gasteiger charge is 2.21. The third kappa shape index (κ3) is 4.81. The van der Waals surface area contributed by atoms with E-state index in [1.807, 2.05) is 48.5 Å². The van der Waals surface area contributed by atoms with E-state index in [4.69, 9.17) is 23.2 Å². The van der Waals surface area contributed by atoms with Crippen molar-refractivity contribution in [2.45, 2.75) is 25.7 Å². The molecule has 128 valence electrons. The van der Waals surface area contributed by atoms with Gasteiger partial charge in [0.2, 0.25) is 0 Å².